The van der Waals surface area contributed by atoms with E-state index in [9.17, 15) is 13.6 Å². The van der Waals surface area contributed by atoms with Crippen LogP contribution in [0, 0.1) is 0 Å². The smallest absolute Gasteiger partial charge is 0.241 e. The van der Waals surface area contributed by atoms with E-state index in [4.69, 9.17) is 11.6 Å². The normalized spacial score (nSPS) is 23.2. The van der Waals surface area contributed by atoms with Gasteiger partial charge in [0.25, 0.3) is 0 Å². The van der Waals surface area contributed by atoms with Crippen molar-refractivity contribution in [3.63, 3.8) is 0 Å². The predicted molar refractivity (Wildman–Crippen MR) is 138 cm³/mol. The van der Waals surface area contributed by atoms with E-state index in [1.165, 1.54) is 0 Å². The number of pyridine rings is 1. The van der Waals surface area contributed by atoms with Gasteiger partial charge in [0.1, 0.15) is 5.82 Å². The van der Waals surface area contributed by atoms with Gasteiger partial charge < -0.3 is 20.4 Å². The molecule has 2 saturated heterocycles. The number of anilines is 2. The molecule has 5 rings (SSSR count). The number of piperazine rings is 2. The van der Waals surface area contributed by atoms with Gasteiger partial charge in [0.05, 0.1) is 6.54 Å². The molecular formula is C26H33ClF2N6O. The lowest BCUT2D eigenvalue weighted by molar-refractivity contribution is -0.121. The first-order valence-electron chi connectivity index (χ1n) is 12.7. The molecule has 0 spiro atoms. The van der Waals surface area contributed by atoms with Crippen LogP contribution in [0.5, 0.6) is 0 Å². The fourth-order valence-corrected chi connectivity index (χ4v) is 6.09. The van der Waals surface area contributed by atoms with Crippen LogP contribution in [0.3, 0.4) is 0 Å². The molecular weight excluding hydrogens is 486 g/mol. The maximum atomic E-state index is 13.9. The number of carbonyl (C=O) groups excluding carboxylic acids is 1. The highest BCUT2D eigenvalue weighted by Gasteiger charge is 2.45. The molecule has 2 aromatic rings. The Morgan fingerprint density at radius 1 is 1.08 bits per heavy atom. The van der Waals surface area contributed by atoms with E-state index in [1.54, 1.807) is 17.2 Å². The standard InChI is InChI=1S/C26H33ClF2N6O/c27-21-5-6-31-25-24(21)26(18-32-25,16-22(28)29)19-3-1-4-20(15-19)35-14-13-34(17-23(35)36)10-2-9-33-11-7-30-8-12-33/h1,3-6,15,22,30H,2,7-14,16-18H2,(H,31,32). The topological polar surface area (TPSA) is 63.7 Å². The number of nitrogens with one attached hydrogen (secondary N) is 2. The third-order valence-corrected chi connectivity index (χ3v) is 7.92. The van der Waals surface area contributed by atoms with Crippen LogP contribution in [0.1, 0.15) is 24.0 Å². The van der Waals surface area contributed by atoms with Gasteiger partial charge in [0, 0.05) is 80.1 Å². The maximum Gasteiger partial charge on any atom is 0.241 e. The molecule has 1 unspecified atom stereocenters. The summed E-state index contributed by atoms with van der Waals surface area (Å²) in [6, 6.07) is 9.09. The van der Waals surface area contributed by atoms with Gasteiger partial charge in [-0.1, -0.05) is 23.7 Å². The Morgan fingerprint density at radius 2 is 1.89 bits per heavy atom. The van der Waals surface area contributed by atoms with Crippen molar-refractivity contribution in [2.75, 3.05) is 75.7 Å². The molecule has 7 nitrogen and oxygen atoms in total. The lowest BCUT2D eigenvalue weighted by atomic mass is 9.74. The molecule has 3 aliphatic heterocycles. The van der Waals surface area contributed by atoms with Crippen molar-refractivity contribution in [3.8, 4) is 0 Å². The van der Waals surface area contributed by atoms with Crippen molar-refractivity contribution in [3.05, 3.63) is 52.7 Å². The third-order valence-electron chi connectivity index (χ3n) is 7.61. The van der Waals surface area contributed by atoms with Crippen LogP contribution in [0.4, 0.5) is 20.3 Å². The SMILES string of the molecule is O=C1CN(CCCN2CCNCC2)CCN1c1cccc(C2(CC(F)F)CNc3nccc(Cl)c32)c1. The molecule has 1 atom stereocenters. The first-order valence-corrected chi connectivity index (χ1v) is 13.1. The van der Waals surface area contributed by atoms with Gasteiger partial charge in [-0.15, -0.1) is 0 Å². The molecule has 1 aromatic carbocycles. The Labute approximate surface area is 215 Å². The van der Waals surface area contributed by atoms with Gasteiger partial charge in [0.2, 0.25) is 12.3 Å². The van der Waals surface area contributed by atoms with E-state index in [1.807, 2.05) is 24.3 Å². The summed E-state index contributed by atoms with van der Waals surface area (Å²) in [5.41, 5.74) is 1.04. The molecule has 0 radical (unpaired) electrons. The second kappa shape index (κ2) is 11.0. The Bertz CT molecular complexity index is 1080. The molecule has 0 bridgehead atoms. The van der Waals surface area contributed by atoms with Gasteiger partial charge in [-0.3, -0.25) is 9.69 Å². The molecule has 194 valence electrons. The second-order valence-electron chi connectivity index (χ2n) is 9.86. The molecule has 1 amide bonds. The van der Waals surface area contributed by atoms with E-state index < -0.39 is 11.8 Å². The van der Waals surface area contributed by atoms with Crippen molar-refractivity contribution in [2.45, 2.75) is 24.7 Å². The number of hydrogen-bond donors (Lipinski definition) is 2. The zero-order valence-electron chi connectivity index (χ0n) is 20.4. The number of aromatic nitrogens is 1. The maximum absolute atomic E-state index is 13.9. The van der Waals surface area contributed by atoms with Crippen LogP contribution in [0.25, 0.3) is 0 Å². The Hall–Kier alpha value is -2.33. The van der Waals surface area contributed by atoms with Gasteiger partial charge in [-0.2, -0.15) is 0 Å². The molecule has 0 saturated carbocycles. The molecule has 1 aromatic heterocycles. The summed E-state index contributed by atoms with van der Waals surface area (Å²) in [5.74, 6) is 0.576. The number of carbonyl (C=O) groups is 1. The Balaban J connectivity index is 1.29. The van der Waals surface area contributed by atoms with Crippen molar-refractivity contribution in [1.29, 1.82) is 0 Å². The molecule has 4 heterocycles. The van der Waals surface area contributed by atoms with Crippen LogP contribution < -0.4 is 15.5 Å². The van der Waals surface area contributed by atoms with Crippen molar-refractivity contribution < 1.29 is 13.6 Å². The highest BCUT2D eigenvalue weighted by molar-refractivity contribution is 6.32. The first kappa shape index (κ1) is 25.3. The number of fused-ring (bicyclic) bond motifs is 1. The van der Waals surface area contributed by atoms with E-state index in [0.717, 1.165) is 57.9 Å². The van der Waals surface area contributed by atoms with Crippen LogP contribution in [0.15, 0.2) is 36.5 Å². The van der Waals surface area contributed by atoms with Gasteiger partial charge in [-0.25, -0.2) is 13.8 Å². The molecule has 36 heavy (non-hydrogen) atoms. The van der Waals surface area contributed by atoms with E-state index in [0.29, 0.717) is 35.1 Å². The first-order chi connectivity index (χ1) is 17.5. The summed E-state index contributed by atoms with van der Waals surface area (Å²) in [6.07, 6.45) is -0.286. The van der Waals surface area contributed by atoms with Gasteiger partial charge in [-0.05, 0) is 43.3 Å². The number of hydrogen-bond acceptors (Lipinski definition) is 6. The number of rotatable bonds is 8. The number of amides is 1. The summed E-state index contributed by atoms with van der Waals surface area (Å²) < 4.78 is 27.7. The summed E-state index contributed by atoms with van der Waals surface area (Å²) in [4.78, 5) is 23.9. The minimum absolute atomic E-state index is 0.0353. The summed E-state index contributed by atoms with van der Waals surface area (Å²) in [6.45, 7) is 8.21. The van der Waals surface area contributed by atoms with E-state index in [2.05, 4.69) is 25.4 Å². The van der Waals surface area contributed by atoms with E-state index >= 15 is 0 Å². The molecule has 10 heteroatoms. The minimum Gasteiger partial charge on any atom is -0.369 e. The monoisotopic (exact) mass is 518 g/mol. The van der Waals surface area contributed by atoms with Gasteiger partial charge >= 0.3 is 0 Å². The van der Waals surface area contributed by atoms with Crippen LogP contribution in [0.2, 0.25) is 5.02 Å². The third kappa shape index (κ3) is 5.20. The summed E-state index contributed by atoms with van der Waals surface area (Å²) in [5, 5.41) is 6.96. The molecule has 2 fully saturated rings. The zero-order chi connectivity index (χ0) is 25.1. The van der Waals surface area contributed by atoms with Crippen LogP contribution >= 0.6 is 11.6 Å². The Morgan fingerprint density at radius 3 is 2.67 bits per heavy atom. The Kier molecular flexibility index (Phi) is 7.71. The summed E-state index contributed by atoms with van der Waals surface area (Å²) >= 11 is 6.51. The molecule has 2 N–H and O–H groups in total. The van der Waals surface area contributed by atoms with Crippen LogP contribution in [-0.2, 0) is 10.2 Å². The average molecular weight is 519 g/mol. The van der Waals surface area contributed by atoms with Crippen molar-refractivity contribution in [2.24, 2.45) is 0 Å². The minimum atomic E-state index is -2.52. The number of nitrogens with zero attached hydrogens (tertiary/aromatic N) is 4. The van der Waals surface area contributed by atoms with Crippen molar-refractivity contribution in [1.82, 2.24) is 20.1 Å². The molecule has 3 aliphatic rings. The van der Waals surface area contributed by atoms with E-state index in [-0.39, 0.29) is 18.9 Å². The number of benzene rings is 1. The van der Waals surface area contributed by atoms with Gasteiger partial charge in [0.15, 0.2) is 0 Å². The van der Waals surface area contributed by atoms with Crippen LogP contribution in [-0.4, -0.2) is 92.6 Å². The lowest BCUT2D eigenvalue weighted by Crippen LogP contribution is -2.51. The average Bonchev–Trinajstić information content (AvgIpc) is 3.25. The lowest BCUT2D eigenvalue weighted by Gasteiger charge is -2.36. The zero-order valence-corrected chi connectivity index (χ0v) is 21.1. The fraction of sp³-hybridized carbons (Fsp3) is 0.538. The highest BCUT2D eigenvalue weighted by Crippen LogP contribution is 2.48. The number of alkyl halides is 2. The fourth-order valence-electron chi connectivity index (χ4n) is 5.76. The predicted octanol–water partition coefficient (Wildman–Crippen LogP) is 3.05. The quantitative estimate of drug-likeness (QED) is 0.560. The summed E-state index contributed by atoms with van der Waals surface area (Å²) in [7, 11) is 0. The second-order valence-corrected chi connectivity index (χ2v) is 10.3. The van der Waals surface area contributed by atoms with Crippen molar-refractivity contribution >= 4 is 29.0 Å². The largest absolute Gasteiger partial charge is 0.369 e. The molecule has 0 aliphatic carbocycles. The highest BCUT2D eigenvalue weighted by atomic mass is 35.5. The number of halogens is 3.